The lowest BCUT2D eigenvalue weighted by atomic mass is 9.92. The third kappa shape index (κ3) is 2.36. The number of carbonyl (C=O) groups is 2. The highest BCUT2D eigenvalue weighted by Gasteiger charge is 2.39. The summed E-state index contributed by atoms with van der Waals surface area (Å²) in [5, 5.41) is 0. The molecule has 0 fully saturated rings. The zero-order valence-electron chi connectivity index (χ0n) is 10.4. The van der Waals surface area contributed by atoms with E-state index in [-0.39, 0.29) is 28.5 Å². The first kappa shape index (κ1) is 13.3. The fourth-order valence-electron chi connectivity index (χ4n) is 2.39. The summed E-state index contributed by atoms with van der Waals surface area (Å²) in [5.74, 6) is -0.604. The van der Waals surface area contributed by atoms with Crippen molar-refractivity contribution in [3.63, 3.8) is 0 Å². The fraction of sp³-hybridized carbons (Fsp3) is 0.538. The molecule has 0 aromatic heterocycles. The van der Waals surface area contributed by atoms with E-state index >= 15 is 0 Å². The second-order valence-electron chi connectivity index (χ2n) is 4.46. The first-order valence-corrected chi connectivity index (χ1v) is 6.96. The predicted molar refractivity (Wildman–Crippen MR) is 71.0 cm³/mol. The van der Waals surface area contributed by atoms with Crippen molar-refractivity contribution in [3.8, 4) is 0 Å². The molecule has 0 bridgehead atoms. The van der Waals surface area contributed by atoms with Crippen molar-refractivity contribution < 1.29 is 14.3 Å². The summed E-state index contributed by atoms with van der Waals surface area (Å²) in [7, 11) is 0. The van der Waals surface area contributed by atoms with Crippen LogP contribution in [0.4, 0.5) is 0 Å². The van der Waals surface area contributed by atoms with Crippen LogP contribution < -0.4 is 0 Å². The Morgan fingerprint density at radius 3 is 2.89 bits per heavy atom. The van der Waals surface area contributed by atoms with Gasteiger partial charge in [0.15, 0.2) is 5.78 Å². The molecule has 0 saturated heterocycles. The van der Waals surface area contributed by atoms with E-state index < -0.39 is 0 Å². The van der Waals surface area contributed by atoms with Gasteiger partial charge in [-0.25, -0.2) is 0 Å². The minimum atomic E-state index is -0.329. The van der Waals surface area contributed by atoms with Gasteiger partial charge in [0.25, 0.3) is 0 Å². The Bertz CT molecular complexity index is 430. The lowest BCUT2D eigenvalue weighted by Crippen LogP contribution is -2.41. The summed E-state index contributed by atoms with van der Waals surface area (Å²) in [5.41, 5.74) is 0.586. The van der Waals surface area contributed by atoms with E-state index in [0.717, 1.165) is 0 Å². The monoisotopic (exact) mass is 313 g/mol. The van der Waals surface area contributed by atoms with Crippen molar-refractivity contribution >= 4 is 27.7 Å². The minimum absolute atomic E-state index is 0.0275. The minimum Gasteiger partial charge on any atom is -0.466 e. The van der Waals surface area contributed by atoms with Gasteiger partial charge in [-0.2, -0.15) is 0 Å². The van der Waals surface area contributed by atoms with Crippen LogP contribution in [0.25, 0.3) is 0 Å². The molecular weight excluding hydrogens is 298 g/mol. The van der Waals surface area contributed by atoms with Crippen LogP contribution in [0.2, 0.25) is 0 Å². The number of hydrogen-bond acceptors (Lipinski definition) is 4. The molecule has 0 radical (unpaired) electrons. The molecule has 3 unspecified atom stereocenters. The van der Waals surface area contributed by atoms with Crippen LogP contribution in [0.1, 0.15) is 20.3 Å². The van der Waals surface area contributed by atoms with Crippen molar-refractivity contribution in [2.24, 2.45) is 5.92 Å². The summed E-state index contributed by atoms with van der Waals surface area (Å²) in [6.45, 7) is 3.67. The largest absolute Gasteiger partial charge is 0.466 e. The number of Topliss-reactive ketones (excluding diaryl/α,β-unsaturated/α-hetero) is 1. The van der Waals surface area contributed by atoms with Crippen molar-refractivity contribution in [2.75, 3.05) is 6.61 Å². The number of allylic oxidation sites excluding steroid dienone is 1. The highest BCUT2D eigenvalue weighted by molar-refractivity contribution is 9.09. The molecule has 0 saturated carbocycles. The van der Waals surface area contributed by atoms with Gasteiger partial charge in [-0.05, 0) is 19.4 Å². The third-order valence-electron chi connectivity index (χ3n) is 3.24. The second kappa shape index (κ2) is 5.26. The highest BCUT2D eigenvalue weighted by atomic mass is 79.9. The van der Waals surface area contributed by atoms with Gasteiger partial charge in [0.05, 0.1) is 29.1 Å². The molecule has 0 aromatic rings. The Morgan fingerprint density at radius 2 is 2.28 bits per heavy atom. The van der Waals surface area contributed by atoms with Gasteiger partial charge in [-0.1, -0.05) is 22.0 Å². The summed E-state index contributed by atoms with van der Waals surface area (Å²) < 4.78 is 5.04. The van der Waals surface area contributed by atoms with Gasteiger partial charge in [-0.15, -0.1) is 0 Å². The molecule has 0 amide bonds. The number of nitrogens with zero attached hydrogens (tertiary/aromatic N) is 1. The Balaban J connectivity index is 2.26. The Kier molecular flexibility index (Phi) is 3.90. The van der Waals surface area contributed by atoms with Crippen LogP contribution in [0, 0.1) is 5.92 Å². The van der Waals surface area contributed by atoms with Gasteiger partial charge in [0, 0.05) is 13.1 Å². The number of alkyl halides is 1. The molecule has 0 N–H and O–H groups in total. The lowest BCUT2D eigenvalue weighted by Gasteiger charge is -2.35. The molecular formula is C13H16BrNO3. The summed E-state index contributed by atoms with van der Waals surface area (Å²) >= 11 is 3.55. The topological polar surface area (TPSA) is 46.6 Å². The van der Waals surface area contributed by atoms with Gasteiger partial charge in [-0.3, -0.25) is 9.59 Å². The molecule has 98 valence electrons. The zero-order chi connectivity index (χ0) is 13.3. The lowest BCUT2D eigenvalue weighted by molar-refractivity contribution is -0.147. The van der Waals surface area contributed by atoms with E-state index in [0.29, 0.717) is 18.7 Å². The van der Waals surface area contributed by atoms with E-state index in [1.165, 1.54) is 6.92 Å². The van der Waals surface area contributed by atoms with Crippen LogP contribution in [0.3, 0.4) is 0 Å². The number of carbonyl (C=O) groups excluding carboxylic acids is 2. The molecule has 18 heavy (non-hydrogen) atoms. The normalized spacial score (nSPS) is 29.8. The van der Waals surface area contributed by atoms with Crippen LogP contribution in [0.15, 0.2) is 24.0 Å². The summed E-state index contributed by atoms with van der Waals surface area (Å²) in [4.78, 5) is 25.6. The number of ketones is 1. The molecule has 0 spiro atoms. The smallest absolute Gasteiger partial charge is 0.312 e. The van der Waals surface area contributed by atoms with Gasteiger partial charge < -0.3 is 9.64 Å². The van der Waals surface area contributed by atoms with Crippen molar-refractivity contribution in [3.05, 3.63) is 24.0 Å². The van der Waals surface area contributed by atoms with Gasteiger partial charge >= 0.3 is 5.97 Å². The predicted octanol–water partition coefficient (Wildman–Crippen LogP) is 2.00. The molecule has 0 aromatic carbocycles. The number of hydrogen-bond donors (Lipinski definition) is 0. The van der Waals surface area contributed by atoms with Crippen LogP contribution in [-0.4, -0.2) is 34.1 Å². The SMILES string of the molecule is CCOC(=O)C1C=C(C(C)=O)N2C=CC(Br)C2C1. The molecule has 2 aliphatic heterocycles. The van der Waals surface area contributed by atoms with Crippen LogP contribution in [-0.2, 0) is 14.3 Å². The standard InChI is InChI=1S/C13H16BrNO3/c1-3-18-13(17)9-6-11(8(2)16)15-5-4-10(14)12(15)7-9/h4-6,9-10,12H,3,7H2,1-2H3. The van der Waals surface area contributed by atoms with Crippen molar-refractivity contribution in [2.45, 2.75) is 31.1 Å². The number of ether oxygens (including phenoxy) is 1. The van der Waals surface area contributed by atoms with Crippen LogP contribution >= 0.6 is 15.9 Å². The zero-order valence-corrected chi connectivity index (χ0v) is 12.0. The first-order chi connectivity index (χ1) is 8.54. The average Bonchev–Trinajstić information content (AvgIpc) is 2.70. The molecule has 2 aliphatic rings. The Hall–Kier alpha value is -1.10. The number of rotatable bonds is 3. The molecule has 4 nitrogen and oxygen atoms in total. The van der Waals surface area contributed by atoms with Crippen molar-refractivity contribution in [1.82, 2.24) is 4.90 Å². The van der Waals surface area contributed by atoms with E-state index in [4.69, 9.17) is 4.74 Å². The Labute approximate surface area is 115 Å². The highest BCUT2D eigenvalue weighted by Crippen LogP contribution is 2.35. The second-order valence-corrected chi connectivity index (χ2v) is 5.52. The maximum absolute atomic E-state index is 11.8. The van der Waals surface area contributed by atoms with Crippen LogP contribution in [0.5, 0.6) is 0 Å². The molecule has 3 atom stereocenters. The van der Waals surface area contributed by atoms with E-state index in [2.05, 4.69) is 15.9 Å². The van der Waals surface area contributed by atoms with Gasteiger partial charge in [0.1, 0.15) is 0 Å². The van der Waals surface area contributed by atoms with E-state index in [1.54, 1.807) is 13.0 Å². The Morgan fingerprint density at radius 1 is 1.56 bits per heavy atom. The molecule has 2 heterocycles. The number of esters is 1. The van der Waals surface area contributed by atoms with E-state index in [9.17, 15) is 9.59 Å². The molecule has 5 heteroatoms. The quantitative estimate of drug-likeness (QED) is 0.590. The maximum atomic E-state index is 11.8. The number of fused-ring (bicyclic) bond motifs is 1. The number of halogens is 1. The molecule has 0 aliphatic carbocycles. The summed E-state index contributed by atoms with van der Waals surface area (Å²) in [6, 6.07) is 0.114. The fourth-order valence-corrected chi connectivity index (χ4v) is 2.99. The average molecular weight is 314 g/mol. The van der Waals surface area contributed by atoms with Crippen molar-refractivity contribution in [1.29, 1.82) is 0 Å². The third-order valence-corrected chi connectivity index (χ3v) is 4.15. The maximum Gasteiger partial charge on any atom is 0.312 e. The van der Waals surface area contributed by atoms with E-state index in [1.807, 2.05) is 17.2 Å². The summed E-state index contributed by atoms with van der Waals surface area (Å²) in [6.07, 6.45) is 6.29. The molecule has 2 rings (SSSR count). The van der Waals surface area contributed by atoms with Gasteiger partial charge in [0.2, 0.25) is 0 Å². The first-order valence-electron chi connectivity index (χ1n) is 6.04.